The van der Waals surface area contributed by atoms with Crippen molar-refractivity contribution < 1.29 is 9.36 Å². The molecular formula is C18H25O2P. The molecule has 0 saturated carbocycles. The van der Waals surface area contributed by atoms with Crippen LogP contribution in [0.5, 0.6) is 0 Å². The van der Waals surface area contributed by atoms with Gasteiger partial charge in [0, 0.05) is 5.57 Å². The van der Waals surface area contributed by atoms with E-state index in [9.17, 15) is 4.79 Å². The van der Waals surface area contributed by atoms with Crippen LogP contribution in [0.15, 0.2) is 47.6 Å². The van der Waals surface area contributed by atoms with Gasteiger partial charge in [0.2, 0.25) is 0 Å². The van der Waals surface area contributed by atoms with E-state index >= 15 is 0 Å². The predicted molar refractivity (Wildman–Crippen MR) is 91.2 cm³/mol. The lowest BCUT2D eigenvalue weighted by molar-refractivity contribution is -0.104. The number of benzene rings is 1. The van der Waals surface area contributed by atoms with E-state index in [1.807, 2.05) is 13.0 Å². The zero-order chi connectivity index (χ0) is 16.5. The summed E-state index contributed by atoms with van der Waals surface area (Å²) in [5, 5.41) is 0. The summed E-state index contributed by atoms with van der Waals surface area (Å²) in [5.41, 5.74) is 4.96. The molecule has 1 aliphatic rings. The number of rotatable bonds is 1. The van der Waals surface area contributed by atoms with E-state index < -0.39 is 0 Å². The summed E-state index contributed by atoms with van der Waals surface area (Å²) in [6.45, 7) is 10.6. The minimum absolute atomic E-state index is 0.233. The smallest absolute Gasteiger partial charge is 0.149 e. The highest BCUT2D eigenvalue weighted by molar-refractivity contribution is 7.00. The molecule has 21 heavy (non-hydrogen) atoms. The molecule has 0 bridgehead atoms. The van der Waals surface area contributed by atoms with Crippen LogP contribution in [0.1, 0.15) is 38.3 Å². The van der Waals surface area contributed by atoms with Crippen molar-refractivity contribution in [2.45, 2.75) is 41.0 Å². The number of allylic oxidation sites excluding steroid dienone is 4. The van der Waals surface area contributed by atoms with E-state index in [-0.39, 0.29) is 5.41 Å². The van der Waals surface area contributed by atoms with Crippen LogP contribution in [0.2, 0.25) is 0 Å². The van der Waals surface area contributed by atoms with E-state index in [0.717, 1.165) is 18.3 Å². The van der Waals surface area contributed by atoms with E-state index in [1.54, 1.807) is 9.12 Å². The second-order valence-electron chi connectivity index (χ2n) is 6.01. The molecule has 1 aromatic rings. The van der Waals surface area contributed by atoms with Crippen LogP contribution < -0.4 is 0 Å². The van der Waals surface area contributed by atoms with Gasteiger partial charge in [-0.05, 0) is 32.6 Å². The number of aldehydes is 1. The number of carbonyl (C=O) groups excluding carboxylic acids is 1. The quantitative estimate of drug-likeness (QED) is 0.523. The Balaban J connectivity index is 0.000000354. The van der Waals surface area contributed by atoms with Crippen molar-refractivity contribution in [3.8, 4) is 0 Å². The normalized spacial score (nSPS) is 15.3. The van der Waals surface area contributed by atoms with Gasteiger partial charge < -0.3 is 0 Å². The fraction of sp³-hybridized carbons (Fsp3) is 0.389. The summed E-state index contributed by atoms with van der Waals surface area (Å²) in [7, 11) is 1.72. The maximum Gasteiger partial charge on any atom is 0.149 e. The minimum atomic E-state index is 0.233. The average molecular weight is 304 g/mol. The van der Waals surface area contributed by atoms with Gasteiger partial charge in [-0.15, -0.1) is 0 Å². The second-order valence-corrected chi connectivity index (χ2v) is 6.01. The first-order valence-electron chi connectivity index (χ1n) is 6.92. The number of carbonyl (C=O) groups is 1. The fourth-order valence-electron chi connectivity index (χ4n) is 2.25. The molecule has 1 aliphatic carbocycles. The minimum Gasteiger partial charge on any atom is -0.298 e. The molecule has 2 nitrogen and oxygen atoms in total. The Morgan fingerprint density at radius 2 is 1.62 bits per heavy atom. The van der Waals surface area contributed by atoms with Crippen LogP contribution >= 0.6 is 9.12 Å². The number of hydrogen-bond acceptors (Lipinski definition) is 2. The van der Waals surface area contributed by atoms with Crippen molar-refractivity contribution in [3.05, 3.63) is 58.7 Å². The van der Waals surface area contributed by atoms with Gasteiger partial charge in [-0.1, -0.05) is 67.0 Å². The maximum atomic E-state index is 10.5. The lowest BCUT2D eigenvalue weighted by Gasteiger charge is -2.24. The third-order valence-corrected chi connectivity index (χ3v) is 3.23. The van der Waals surface area contributed by atoms with Crippen molar-refractivity contribution in [1.82, 2.24) is 0 Å². The Hall–Kier alpha value is -1.53. The number of aryl methyl sites for hydroxylation is 2. The molecule has 0 atom stereocenters. The molecule has 1 aromatic carbocycles. The van der Waals surface area contributed by atoms with Crippen LogP contribution in [0.3, 0.4) is 0 Å². The van der Waals surface area contributed by atoms with Gasteiger partial charge in [0.15, 0.2) is 0 Å². The Kier molecular flexibility index (Phi) is 8.73. The molecule has 0 unspecified atom stereocenters. The molecule has 0 heterocycles. The zero-order valence-electron chi connectivity index (χ0n) is 13.6. The Bertz CT molecular complexity index is 511. The molecule has 0 fully saturated rings. The van der Waals surface area contributed by atoms with E-state index in [4.69, 9.17) is 4.57 Å². The molecule has 0 aliphatic heterocycles. The summed E-state index contributed by atoms with van der Waals surface area (Å²) in [6.07, 6.45) is 5.95. The highest BCUT2D eigenvalue weighted by atomic mass is 31.0. The lowest BCUT2D eigenvalue weighted by Crippen LogP contribution is -2.12. The summed E-state index contributed by atoms with van der Waals surface area (Å²) >= 11 is 0. The first kappa shape index (κ1) is 19.5. The lowest BCUT2D eigenvalue weighted by atomic mass is 9.80. The van der Waals surface area contributed by atoms with Gasteiger partial charge in [0.1, 0.15) is 15.4 Å². The van der Waals surface area contributed by atoms with E-state index in [0.29, 0.717) is 0 Å². The third kappa shape index (κ3) is 7.72. The van der Waals surface area contributed by atoms with Gasteiger partial charge >= 0.3 is 0 Å². The molecule has 0 amide bonds. The molecule has 0 radical (unpaired) electrons. The standard InChI is InChI=1S/C10H14O.C8H10.HOP/c1-8-6-10(2,3)5-4-9(8)7-11;1-7-4-3-5-8(2)6-7;1-2/h4-5,7H,6H2,1-3H3;3-6H,1-2H3;2H. The Morgan fingerprint density at radius 1 is 1.10 bits per heavy atom. The third-order valence-electron chi connectivity index (χ3n) is 3.23. The van der Waals surface area contributed by atoms with Gasteiger partial charge in [-0.2, -0.15) is 0 Å². The van der Waals surface area contributed by atoms with Crippen LogP contribution in [0.25, 0.3) is 0 Å². The second kappa shape index (κ2) is 9.41. The maximum absolute atomic E-state index is 10.5. The molecule has 2 rings (SSSR count). The molecule has 0 saturated heterocycles. The van der Waals surface area contributed by atoms with Crippen LogP contribution in [-0.4, -0.2) is 6.29 Å². The van der Waals surface area contributed by atoms with Crippen LogP contribution in [0.4, 0.5) is 0 Å². The molecule has 0 N–H and O–H groups in total. The topological polar surface area (TPSA) is 34.1 Å². The van der Waals surface area contributed by atoms with Crippen molar-refractivity contribution in [2.24, 2.45) is 5.41 Å². The van der Waals surface area contributed by atoms with Crippen molar-refractivity contribution >= 4 is 15.4 Å². The largest absolute Gasteiger partial charge is 0.298 e. The van der Waals surface area contributed by atoms with E-state index in [1.165, 1.54) is 16.7 Å². The molecule has 0 aromatic heterocycles. The fourth-order valence-corrected chi connectivity index (χ4v) is 2.25. The van der Waals surface area contributed by atoms with Crippen molar-refractivity contribution in [2.75, 3.05) is 0 Å². The zero-order valence-corrected chi connectivity index (χ0v) is 14.6. The van der Waals surface area contributed by atoms with Crippen molar-refractivity contribution in [3.63, 3.8) is 0 Å². The molecule has 3 heteroatoms. The van der Waals surface area contributed by atoms with Gasteiger partial charge in [-0.25, -0.2) is 0 Å². The average Bonchev–Trinajstić information content (AvgIpc) is 2.40. The Morgan fingerprint density at radius 3 is 1.95 bits per heavy atom. The highest BCUT2D eigenvalue weighted by Crippen LogP contribution is 2.32. The molecule has 0 spiro atoms. The summed E-state index contributed by atoms with van der Waals surface area (Å²) < 4.78 is 8.06. The monoisotopic (exact) mass is 304 g/mol. The van der Waals surface area contributed by atoms with Crippen LogP contribution in [0, 0.1) is 19.3 Å². The first-order valence-corrected chi connectivity index (χ1v) is 7.33. The Labute approximate surface area is 130 Å². The predicted octanol–water partition coefficient (Wildman–Crippen LogP) is 5.27. The van der Waals surface area contributed by atoms with Gasteiger partial charge in [0.25, 0.3) is 0 Å². The summed E-state index contributed by atoms with van der Waals surface area (Å²) in [4.78, 5) is 10.5. The number of hydrogen-bond donors (Lipinski definition) is 0. The van der Waals surface area contributed by atoms with Gasteiger partial charge in [-0.3, -0.25) is 9.36 Å². The highest BCUT2D eigenvalue weighted by Gasteiger charge is 2.19. The van der Waals surface area contributed by atoms with E-state index in [2.05, 4.69) is 58.0 Å². The van der Waals surface area contributed by atoms with Crippen LogP contribution in [-0.2, 0) is 9.36 Å². The molecule has 114 valence electrons. The van der Waals surface area contributed by atoms with Crippen molar-refractivity contribution in [1.29, 1.82) is 0 Å². The molecular weight excluding hydrogens is 279 g/mol. The van der Waals surface area contributed by atoms with Gasteiger partial charge in [0.05, 0.1) is 0 Å². The first-order chi connectivity index (χ1) is 9.84. The summed E-state index contributed by atoms with van der Waals surface area (Å²) in [5.74, 6) is 0. The summed E-state index contributed by atoms with van der Waals surface area (Å²) in [6, 6.07) is 8.45. The SMILES string of the molecule is CC1=C(C=O)C=CC(C)(C)C1.Cc1cccc(C)c1.O=P.